The van der Waals surface area contributed by atoms with E-state index in [0.29, 0.717) is 40.6 Å². The monoisotopic (exact) mass is 465 g/mol. The quantitative estimate of drug-likeness (QED) is 0.504. The van der Waals surface area contributed by atoms with E-state index in [9.17, 15) is 4.79 Å². The molecule has 3 heterocycles. The third kappa shape index (κ3) is 4.96. The average molecular weight is 466 g/mol. The molecule has 0 spiro atoms. The van der Waals surface area contributed by atoms with Crippen LogP contribution in [0.3, 0.4) is 0 Å². The molecule has 10 nitrogen and oxygen atoms in total. The van der Waals surface area contributed by atoms with Crippen molar-refractivity contribution in [2.45, 2.75) is 19.4 Å². The third-order valence-electron chi connectivity index (χ3n) is 6.10. The van der Waals surface area contributed by atoms with Gasteiger partial charge in [0, 0.05) is 37.8 Å². The van der Waals surface area contributed by atoms with E-state index < -0.39 is 0 Å². The van der Waals surface area contributed by atoms with Crippen molar-refractivity contribution < 1.29 is 14.3 Å². The van der Waals surface area contributed by atoms with Crippen LogP contribution < -0.4 is 15.2 Å². The number of nitrogens with two attached hydrogens (primary N) is 1. The number of aryl methyl sites for hydroxylation is 1. The van der Waals surface area contributed by atoms with Gasteiger partial charge in [0.2, 0.25) is 5.91 Å². The van der Waals surface area contributed by atoms with Gasteiger partial charge in [-0.15, -0.1) is 0 Å². The number of fused-ring (bicyclic) bond motifs is 1. The molecule has 3 aromatic rings. The summed E-state index contributed by atoms with van der Waals surface area (Å²) in [5, 5.41) is 5.57. The van der Waals surface area contributed by atoms with E-state index in [-0.39, 0.29) is 5.91 Å². The molecule has 1 aliphatic rings. The number of carbonyl (C=O) groups is 1. The van der Waals surface area contributed by atoms with Crippen molar-refractivity contribution in [3.8, 4) is 22.8 Å². The summed E-state index contributed by atoms with van der Waals surface area (Å²) >= 11 is 0. The molecule has 0 bridgehead atoms. The molecule has 1 fully saturated rings. The second kappa shape index (κ2) is 10.5. The Balaban J connectivity index is 1.53. The maximum Gasteiger partial charge on any atom is 0.245 e. The van der Waals surface area contributed by atoms with Gasteiger partial charge in [-0.05, 0) is 44.1 Å². The highest BCUT2D eigenvalue weighted by Gasteiger charge is 2.20. The summed E-state index contributed by atoms with van der Waals surface area (Å²) < 4.78 is 12.7. The predicted molar refractivity (Wildman–Crippen MR) is 131 cm³/mol. The van der Waals surface area contributed by atoms with Crippen molar-refractivity contribution in [1.82, 2.24) is 29.5 Å². The van der Waals surface area contributed by atoms with Gasteiger partial charge < -0.3 is 25.0 Å². The zero-order valence-corrected chi connectivity index (χ0v) is 19.7. The minimum Gasteiger partial charge on any atom is -0.497 e. The number of aromatic nitrogens is 4. The first-order chi connectivity index (χ1) is 16.5. The second-order valence-corrected chi connectivity index (χ2v) is 8.21. The molecule has 2 N–H and O–H groups in total. The van der Waals surface area contributed by atoms with Gasteiger partial charge in [-0.3, -0.25) is 4.79 Å². The van der Waals surface area contributed by atoms with Crippen molar-refractivity contribution in [2.75, 3.05) is 52.7 Å². The number of nitrogens with zero attached hydrogens (tertiary/aromatic N) is 6. The Morgan fingerprint density at radius 3 is 2.56 bits per heavy atom. The van der Waals surface area contributed by atoms with E-state index in [1.807, 2.05) is 27.8 Å². The highest BCUT2D eigenvalue weighted by molar-refractivity contribution is 5.98. The predicted octanol–water partition coefficient (Wildman–Crippen LogP) is 2.20. The van der Waals surface area contributed by atoms with Crippen molar-refractivity contribution in [2.24, 2.45) is 0 Å². The van der Waals surface area contributed by atoms with Crippen LogP contribution in [0.15, 0.2) is 37.2 Å². The number of benzene rings is 1. The van der Waals surface area contributed by atoms with E-state index in [2.05, 4.69) is 21.4 Å². The minimum atomic E-state index is 0.00355. The molecule has 1 amide bonds. The lowest BCUT2D eigenvalue weighted by molar-refractivity contribution is -0.125. The highest BCUT2D eigenvalue weighted by atomic mass is 16.5. The number of carbonyl (C=O) groups excluding carboxylic acids is 1. The van der Waals surface area contributed by atoms with Gasteiger partial charge in [0.15, 0.2) is 5.65 Å². The summed E-state index contributed by atoms with van der Waals surface area (Å²) in [4.78, 5) is 24.8. The van der Waals surface area contributed by atoms with Crippen molar-refractivity contribution >= 4 is 22.8 Å². The molecule has 0 saturated carbocycles. The molecule has 1 aromatic carbocycles. The lowest BCUT2D eigenvalue weighted by atomic mass is 10.1. The van der Waals surface area contributed by atoms with Crippen molar-refractivity contribution in [1.29, 1.82) is 0 Å². The molecule has 0 unspecified atom stereocenters. The summed E-state index contributed by atoms with van der Waals surface area (Å²) in [7, 11) is 3.23. The molecular formula is C24H31N7O3. The average Bonchev–Trinajstić information content (AvgIpc) is 3.07. The van der Waals surface area contributed by atoms with E-state index in [4.69, 9.17) is 20.3 Å². The summed E-state index contributed by atoms with van der Waals surface area (Å²) in [5.41, 5.74) is 8.46. The summed E-state index contributed by atoms with van der Waals surface area (Å²) in [6, 6.07) is 5.61. The van der Waals surface area contributed by atoms with Crippen LogP contribution in [0, 0.1) is 0 Å². The Morgan fingerprint density at radius 2 is 1.85 bits per heavy atom. The molecule has 0 aliphatic carbocycles. The Bertz CT molecular complexity index is 1150. The van der Waals surface area contributed by atoms with Crippen LogP contribution in [0.4, 0.5) is 5.82 Å². The van der Waals surface area contributed by atoms with Crippen LogP contribution in [0.2, 0.25) is 0 Å². The normalized spacial score (nSPS) is 14.7. The number of amides is 1. The minimum absolute atomic E-state index is 0.00355. The van der Waals surface area contributed by atoms with Crippen LogP contribution >= 0.6 is 0 Å². The van der Waals surface area contributed by atoms with E-state index in [1.54, 1.807) is 14.2 Å². The molecular weight excluding hydrogens is 434 g/mol. The number of hydrogen-bond donors (Lipinski definition) is 1. The lowest BCUT2D eigenvalue weighted by Crippen LogP contribution is -2.34. The molecule has 34 heavy (non-hydrogen) atoms. The molecule has 180 valence electrons. The third-order valence-corrected chi connectivity index (χ3v) is 6.10. The lowest BCUT2D eigenvalue weighted by Gasteiger charge is -2.21. The molecule has 10 heteroatoms. The molecule has 1 aliphatic heterocycles. The standard InChI is InChI=1S/C24H31N7O3/c1-4-20(32)30-9-5-7-29(11-12-30)8-6-10-31-24-21(23(25)26-16-27-24)22(28-31)17-13-18(33-2)15-19(14-17)34-3/h4,13-16H,1,5-12H2,2-3H3,(H2,25,26,27). The second-order valence-electron chi connectivity index (χ2n) is 8.21. The summed E-state index contributed by atoms with van der Waals surface area (Å²) in [6.45, 7) is 8.49. The topological polar surface area (TPSA) is 112 Å². The Labute approximate surface area is 199 Å². The Hall–Kier alpha value is -3.66. The van der Waals surface area contributed by atoms with Crippen LogP contribution in [-0.4, -0.2) is 82.4 Å². The zero-order valence-electron chi connectivity index (χ0n) is 19.7. The van der Waals surface area contributed by atoms with Gasteiger partial charge in [0.1, 0.15) is 29.3 Å². The summed E-state index contributed by atoms with van der Waals surface area (Å²) in [6.07, 6.45) is 4.69. The molecule has 4 rings (SSSR count). The van der Waals surface area contributed by atoms with Crippen molar-refractivity contribution in [3.63, 3.8) is 0 Å². The summed E-state index contributed by atoms with van der Waals surface area (Å²) in [5.74, 6) is 1.71. The van der Waals surface area contributed by atoms with Gasteiger partial charge in [-0.2, -0.15) is 5.10 Å². The maximum absolute atomic E-state index is 11.9. The fourth-order valence-electron chi connectivity index (χ4n) is 4.32. The van der Waals surface area contributed by atoms with Gasteiger partial charge in [0.05, 0.1) is 19.6 Å². The van der Waals surface area contributed by atoms with Crippen LogP contribution in [0.25, 0.3) is 22.3 Å². The first-order valence-electron chi connectivity index (χ1n) is 11.4. The number of nitrogen functional groups attached to an aromatic ring is 1. The number of rotatable bonds is 8. The molecule has 0 radical (unpaired) electrons. The molecule has 0 atom stereocenters. The largest absolute Gasteiger partial charge is 0.497 e. The number of anilines is 1. The number of ether oxygens (including phenoxy) is 2. The molecule has 2 aromatic heterocycles. The van der Waals surface area contributed by atoms with Crippen LogP contribution in [0.1, 0.15) is 12.8 Å². The van der Waals surface area contributed by atoms with E-state index in [1.165, 1.54) is 12.4 Å². The zero-order chi connectivity index (χ0) is 24.1. The van der Waals surface area contributed by atoms with Gasteiger partial charge in [-0.1, -0.05) is 6.58 Å². The van der Waals surface area contributed by atoms with E-state index >= 15 is 0 Å². The molecule has 1 saturated heterocycles. The van der Waals surface area contributed by atoms with Crippen LogP contribution in [-0.2, 0) is 11.3 Å². The first kappa shape index (κ1) is 23.5. The maximum atomic E-state index is 11.9. The van der Waals surface area contributed by atoms with Crippen LogP contribution in [0.5, 0.6) is 11.5 Å². The smallest absolute Gasteiger partial charge is 0.245 e. The highest BCUT2D eigenvalue weighted by Crippen LogP contribution is 2.34. The number of methoxy groups -OCH3 is 2. The van der Waals surface area contributed by atoms with Gasteiger partial charge in [-0.25, -0.2) is 14.6 Å². The fourth-order valence-corrected chi connectivity index (χ4v) is 4.32. The first-order valence-corrected chi connectivity index (χ1v) is 11.4. The fraction of sp³-hybridized carbons (Fsp3) is 0.417. The van der Waals surface area contributed by atoms with Gasteiger partial charge >= 0.3 is 0 Å². The van der Waals surface area contributed by atoms with Gasteiger partial charge in [0.25, 0.3) is 0 Å². The Kier molecular flexibility index (Phi) is 7.27. The Morgan fingerprint density at radius 1 is 1.09 bits per heavy atom. The van der Waals surface area contributed by atoms with E-state index in [0.717, 1.165) is 51.1 Å². The van der Waals surface area contributed by atoms with Crippen molar-refractivity contribution in [3.05, 3.63) is 37.2 Å². The SMILES string of the molecule is C=CC(=O)N1CCCN(CCCn2nc(-c3cc(OC)cc(OC)c3)c3c(N)ncnc32)CC1. The number of hydrogen-bond acceptors (Lipinski definition) is 8.